The number of carbonyl (C=O) groups is 2. The second-order valence-electron chi connectivity index (χ2n) is 4.94. The maximum absolute atomic E-state index is 12.2. The summed E-state index contributed by atoms with van der Waals surface area (Å²) in [6.45, 7) is 1.28. The molecule has 0 aliphatic carbocycles. The van der Waals surface area contributed by atoms with Crippen LogP contribution in [0, 0.1) is 0 Å². The van der Waals surface area contributed by atoms with Crippen molar-refractivity contribution < 1.29 is 19.4 Å². The average molecular weight is 288 g/mol. The minimum absolute atomic E-state index is 0.122. The molecule has 1 atom stereocenters. The molecule has 0 aliphatic rings. The highest BCUT2D eigenvalue weighted by molar-refractivity contribution is 6.00. The van der Waals surface area contributed by atoms with Crippen molar-refractivity contribution in [1.29, 1.82) is 0 Å². The number of methoxy groups -OCH3 is 1. The summed E-state index contributed by atoms with van der Waals surface area (Å²) in [5, 5.41) is 12.5. The van der Waals surface area contributed by atoms with E-state index in [4.69, 9.17) is 4.74 Å². The van der Waals surface area contributed by atoms with Crippen molar-refractivity contribution in [2.24, 2.45) is 0 Å². The quantitative estimate of drug-likeness (QED) is 0.869. The zero-order valence-corrected chi connectivity index (χ0v) is 11.8. The number of amides is 1. The number of aromatic nitrogens is 1. The van der Waals surface area contributed by atoms with Crippen LogP contribution in [0.1, 0.15) is 17.3 Å². The lowest BCUT2D eigenvalue weighted by molar-refractivity contribution is -0.145. The second kappa shape index (κ2) is 5.88. The highest BCUT2D eigenvalue weighted by atomic mass is 16.5. The lowest BCUT2D eigenvalue weighted by atomic mass is 10.0. The Bertz CT molecular complexity index is 686. The van der Waals surface area contributed by atoms with Crippen LogP contribution in [0.15, 0.2) is 36.5 Å². The Morgan fingerprint density at radius 3 is 2.81 bits per heavy atom. The molecule has 0 bridgehead atoms. The van der Waals surface area contributed by atoms with Gasteiger partial charge >= 0.3 is 5.97 Å². The summed E-state index contributed by atoms with van der Waals surface area (Å²) in [4.78, 5) is 27.7. The first-order valence-electron chi connectivity index (χ1n) is 6.36. The highest BCUT2D eigenvalue weighted by Gasteiger charge is 2.35. The summed E-state index contributed by atoms with van der Waals surface area (Å²) in [5.41, 5.74) is -0.332. The van der Waals surface area contributed by atoms with Crippen LogP contribution >= 0.6 is 0 Å². The number of carboxylic acid groups (broad SMARTS) is 1. The molecule has 0 aliphatic heterocycles. The van der Waals surface area contributed by atoms with Crippen LogP contribution < -0.4 is 5.32 Å². The van der Waals surface area contributed by atoms with Gasteiger partial charge < -0.3 is 15.2 Å². The predicted octanol–water partition coefficient (Wildman–Crippen LogP) is 1.45. The zero-order chi connectivity index (χ0) is 15.5. The Morgan fingerprint density at radius 2 is 2.14 bits per heavy atom. The third kappa shape index (κ3) is 3.17. The lowest BCUT2D eigenvalue weighted by Gasteiger charge is -2.25. The summed E-state index contributed by atoms with van der Waals surface area (Å²) < 4.78 is 4.87. The van der Waals surface area contributed by atoms with Crippen molar-refractivity contribution in [3.8, 4) is 0 Å². The fraction of sp³-hybridized carbons (Fsp3) is 0.267. The van der Waals surface area contributed by atoms with Gasteiger partial charge in [0.15, 0.2) is 5.54 Å². The normalized spacial score (nSPS) is 13.6. The van der Waals surface area contributed by atoms with Gasteiger partial charge in [-0.1, -0.05) is 6.07 Å². The molecule has 1 unspecified atom stereocenters. The lowest BCUT2D eigenvalue weighted by Crippen LogP contribution is -2.55. The van der Waals surface area contributed by atoms with E-state index in [0.717, 1.165) is 10.9 Å². The van der Waals surface area contributed by atoms with E-state index in [0.29, 0.717) is 5.56 Å². The van der Waals surface area contributed by atoms with Gasteiger partial charge in [0.25, 0.3) is 5.91 Å². The number of ether oxygens (including phenoxy) is 1. The summed E-state index contributed by atoms with van der Waals surface area (Å²) in [5.74, 6) is -1.62. The standard InChI is InChI=1S/C15H16N2O4/c1-15(9-21-2,14(19)20)17-13(18)11-5-6-12-10(8-11)4-3-7-16-12/h3-8H,9H2,1-2H3,(H,17,18)(H,19,20). The number of pyridine rings is 1. The van der Waals surface area contributed by atoms with E-state index in [9.17, 15) is 14.7 Å². The van der Waals surface area contributed by atoms with Crippen LogP contribution in [0.25, 0.3) is 10.9 Å². The summed E-state index contributed by atoms with van der Waals surface area (Å²) in [6.07, 6.45) is 1.67. The van der Waals surface area contributed by atoms with Gasteiger partial charge in [0, 0.05) is 24.3 Å². The topological polar surface area (TPSA) is 88.5 Å². The Balaban J connectivity index is 2.27. The van der Waals surface area contributed by atoms with Crippen molar-refractivity contribution >= 4 is 22.8 Å². The van der Waals surface area contributed by atoms with Crippen molar-refractivity contribution in [2.45, 2.75) is 12.5 Å². The molecule has 21 heavy (non-hydrogen) atoms. The molecule has 6 heteroatoms. The van der Waals surface area contributed by atoms with Crippen LogP contribution in [0.3, 0.4) is 0 Å². The minimum Gasteiger partial charge on any atom is -0.479 e. The number of aliphatic carboxylic acids is 1. The maximum atomic E-state index is 12.2. The average Bonchev–Trinajstić information content (AvgIpc) is 2.46. The third-order valence-corrected chi connectivity index (χ3v) is 3.16. The van der Waals surface area contributed by atoms with E-state index in [-0.39, 0.29) is 6.61 Å². The number of carboxylic acids is 1. The Labute approximate surface area is 121 Å². The van der Waals surface area contributed by atoms with Gasteiger partial charge in [-0.15, -0.1) is 0 Å². The van der Waals surface area contributed by atoms with Gasteiger partial charge in [-0.25, -0.2) is 4.79 Å². The predicted molar refractivity (Wildman–Crippen MR) is 77.1 cm³/mol. The first-order valence-corrected chi connectivity index (χ1v) is 6.36. The van der Waals surface area contributed by atoms with E-state index < -0.39 is 17.4 Å². The smallest absolute Gasteiger partial charge is 0.331 e. The first kappa shape index (κ1) is 14.9. The fourth-order valence-corrected chi connectivity index (χ4v) is 1.98. The van der Waals surface area contributed by atoms with Gasteiger partial charge in [0.2, 0.25) is 0 Å². The number of nitrogens with zero attached hydrogens (tertiary/aromatic N) is 1. The minimum atomic E-state index is -1.48. The van der Waals surface area contributed by atoms with Crippen molar-refractivity contribution in [3.05, 3.63) is 42.1 Å². The van der Waals surface area contributed by atoms with Crippen molar-refractivity contribution in [1.82, 2.24) is 10.3 Å². The van der Waals surface area contributed by atoms with Gasteiger partial charge in [-0.3, -0.25) is 9.78 Å². The monoisotopic (exact) mass is 288 g/mol. The summed E-state index contributed by atoms with van der Waals surface area (Å²) in [6, 6.07) is 8.62. The number of rotatable bonds is 5. The molecule has 2 N–H and O–H groups in total. The first-order chi connectivity index (χ1) is 9.96. The van der Waals surface area contributed by atoms with Crippen LogP contribution in [-0.4, -0.2) is 41.2 Å². The highest BCUT2D eigenvalue weighted by Crippen LogP contribution is 2.14. The zero-order valence-electron chi connectivity index (χ0n) is 11.8. The number of nitrogens with one attached hydrogen (secondary N) is 1. The second-order valence-corrected chi connectivity index (χ2v) is 4.94. The van der Waals surface area contributed by atoms with E-state index in [1.165, 1.54) is 14.0 Å². The number of fused-ring (bicyclic) bond motifs is 1. The number of hydrogen-bond acceptors (Lipinski definition) is 4. The SMILES string of the molecule is COCC(C)(NC(=O)c1ccc2ncccc2c1)C(=O)O. The Kier molecular flexibility index (Phi) is 4.18. The molecule has 1 aromatic heterocycles. The molecule has 1 heterocycles. The molecule has 0 spiro atoms. The van der Waals surface area contributed by atoms with Crippen molar-refractivity contribution in [3.63, 3.8) is 0 Å². The molecule has 2 aromatic rings. The number of hydrogen-bond donors (Lipinski definition) is 2. The molecule has 1 aromatic carbocycles. The number of benzene rings is 1. The molecular weight excluding hydrogens is 272 g/mol. The summed E-state index contributed by atoms with van der Waals surface area (Å²) in [7, 11) is 1.38. The molecule has 6 nitrogen and oxygen atoms in total. The van der Waals surface area contributed by atoms with Gasteiger partial charge in [-0.2, -0.15) is 0 Å². The molecule has 0 radical (unpaired) electrons. The maximum Gasteiger partial charge on any atom is 0.331 e. The van der Waals surface area contributed by atoms with Gasteiger partial charge in [-0.05, 0) is 31.2 Å². The Hall–Kier alpha value is -2.47. The van der Waals surface area contributed by atoms with Gasteiger partial charge in [0.1, 0.15) is 0 Å². The molecule has 110 valence electrons. The molecular formula is C15H16N2O4. The third-order valence-electron chi connectivity index (χ3n) is 3.16. The van der Waals surface area contributed by atoms with Crippen LogP contribution in [0.4, 0.5) is 0 Å². The van der Waals surface area contributed by atoms with Crippen LogP contribution in [0.2, 0.25) is 0 Å². The Morgan fingerprint density at radius 1 is 1.38 bits per heavy atom. The molecule has 0 saturated carbocycles. The van der Waals surface area contributed by atoms with Crippen LogP contribution in [-0.2, 0) is 9.53 Å². The van der Waals surface area contributed by atoms with E-state index in [1.807, 2.05) is 6.07 Å². The number of carbonyl (C=O) groups excluding carboxylic acids is 1. The van der Waals surface area contributed by atoms with Gasteiger partial charge in [0.05, 0.1) is 12.1 Å². The molecule has 2 rings (SSSR count). The van der Waals surface area contributed by atoms with E-state index >= 15 is 0 Å². The molecule has 0 saturated heterocycles. The van der Waals surface area contributed by atoms with E-state index in [1.54, 1.807) is 30.5 Å². The fourth-order valence-electron chi connectivity index (χ4n) is 1.98. The molecule has 1 amide bonds. The largest absolute Gasteiger partial charge is 0.479 e. The van der Waals surface area contributed by atoms with E-state index in [2.05, 4.69) is 10.3 Å². The van der Waals surface area contributed by atoms with Crippen LogP contribution in [0.5, 0.6) is 0 Å². The van der Waals surface area contributed by atoms with Crippen molar-refractivity contribution in [2.75, 3.05) is 13.7 Å². The molecule has 0 fully saturated rings. The summed E-state index contributed by atoms with van der Waals surface area (Å²) >= 11 is 0.